The topological polar surface area (TPSA) is 24.5 Å². The largest absolute Gasteiger partial charge is 0.496 e. The van der Waals surface area contributed by atoms with E-state index in [1.54, 1.807) is 7.11 Å². The highest BCUT2D eigenvalue weighted by Crippen LogP contribution is 2.19. The molecule has 3 nitrogen and oxygen atoms in total. The molecule has 1 aliphatic rings. The third kappa shape index (κ3) is 2.74. The van der Waals surface area contributed by atoms with Gasteiger partial charge in [0, 0.05) is 37.8 Å². The van der Waals surface area contributed by atoms with Crippen LogP contribution < -0.4 is 10.1 Å². The summed E-state index contributed by atoms with van der Waals surface area (Å²) in [4.78, 5) is 2.47. The average Bonchev–Trinajstić information content (AvgIpc) is 2.30. The van der Waals surface area contributed by atoms with Crippen LogP contribution in [-0.2, 0) is 6.54 Å². The standard InChI is InChI=1S/C13H20N2O/c1-11-9-15(8-7-14-11)10-12-5-3-4-6-13(12)16-2/h3-6,11,14H,7-10H2,1-2H3/t11-/m1/s1. The highest BCUT2D eigenvalue weighted by atomic mass is 16.5. The number of hydrogen-bond acceptors (Lipinski definition) is 3. The lowest BCUT2D eigenvalue weighted by molar-refractivity contribution is 0.197. The van der Waals surface area contributed by atoms with Gasteiger partial charge in [0.25, 0.3) is 0 Å². The van der Waals surface area contributed by atoms with E-state index in [4.69, 9.17) is 4.74 Å². The molecular formula is C13H20N2O. The van der Waals surface area contributed by atoms with Crippen molar-refractivity contribution in [2.45, 2.75) is 19.5 Å². The molecule has 1 heterocycles. The minimum atomic E-state index is 0.587. The fourth-order valence-electron chi connectivity index (χ4n) is 2.23. The molecule has 1 saturated heterocycles. The van der Waals surface area contributed by atoms with Gasteiger partial charge in [0.15, 0.2) is 0 Å². The SMILES string of the molecule is COc1ccccc1CN1CCN[C@H](C)C1. The van der Waals surface area contributed by atoms with Crippen LogP contribution in [0.3, 0.4) is 0 Å². The maximum Gasteiger partial charge on any atom is 0.123 e. The second-order valence-electron chi connectivity index (χ2n) is 4.40. The van der Waals surface area contributed by atoms with Crippen molar-refractivity contribution >= 4 is 0 Å². The molecule has 0 bridgehead atoms. The van der Waals surface area contributed by atoms with E-state index >= 15 is 0 Å². The number of nitrogens with zero attached hydrogens (tertiary/aromatic N) is 1. The van der Waals surface area contributed by atoms with Crippen molar-refractivity contribution in [1.82, 2.24) is 10.2 Å². The Kier molecular flexibility index (Phi) is 3.80. The Morgan fingerprint density at radius 1 is 1.44 bits per heavy atom. The monoisotopic (exact) mass is 220 g/mol. The molecule has 1 aliphatic heterocycles. The molecule has 1 fully saturated rings. The summed E-state index contributed by atoms with van der Waals surface area (Å²) in [6.45, 7) is 6.52. The third-order valence-corrected chi connectivity index (χ3v) is 3.04. The van der Waals surface area contributed by atoms with E-state index < -0.39 is 0 Å². The Hall–Kier alpha value is -1.06. The van der Waals surface area contributed by atoms with Crippen molar-refractivity contribution in [1.29, 1.82) is 0 Å². The quantitative estimate of drug-likeness (QED) is 0.835. The van der Waals surface area contributed by atoms with Gasteiger partial charge in [0.2, 0.25) is 0 Å². The summed E-state index contributed by atoms with van der Waals surface area (Å²) in [5.74, 6) is 0.994. The van der Waals surface area contributed by atoms with Crippen LogP contribution in [0.2, 0.25) is 0 Å². The van der Waals surface area contributed by atoms with Crippen LogP contribution in [-0.4, -0.2) is 37.7 Å². The van der Waals surface area contributed by atoms with Gasteiger partial charge >= 0.3 is 0 Å². The van der Waals surface area contributed by atoms with Crippen LogP contribution in [0.15, 0.2) is 24.3 Å². The van der Waals surface area contributed by atoms with E-state index in [1.807, 2.05) is 12.1 Å². The van der Waals surface area contributed by atoms with Gasteiger partial charge < -0.3 is 10.1 Å². The van der Waals surface area contributed by atoms with E-state index in [0.29, 0.717) is 6.04 Å². The molecule has 0 unspecified atom stereocenters. The summed E-state index contributed by atoms with van der Waals surface area (Å²) in [7, 11) is 1.74. The molecule has 0 amide bonds. The Morgan fingerprint density at radius 2 is 2.25 bits per heavy atom. The van der Waals surface area contributed by atoms with Crippen LogP contribution in [0.25, 0.3) is 0 Å². The lowest BCUT2D eigenvalue weighted by Crippen LogP contribution is -2.48. The van der Waals surface area contributed by atoms with Crippen molar-refractivity contribution in [3.8, 4) is 5.75 Å². The number of nitrogens with one attached hydrogen (secondary N) is 1. The lowest BCUT2D eigenvalue weighted by atomic mass is 10.1. The van der Waals surface area contributed by atoms with Gasteiger partial charge in [0.05, 0.1) is 7.11 Å². The summed E-state index contributed by atoms with van der Waals surface area (Å²) in [6, 6.07) is 8.85. The molecule has 0 radical (unpaired) electrons. The van der Waals surface area contributed by atoms with Crippen LogP contribution >= 0.6 is 0 Å². The molecule has 0 saturated carbocycles. The van der Waals surface area contributed by atoms with E-state index in [9.17, 15) is 0 Å². The van der Waals surface area contributed by atoms with Crippen molar-refractivity contribution < 1.29 is 4.74 Å². The second kappa shape index (κ2) is 5.32. The summed E-state index contributed by atoms with van der Waals surface area (Å²) in [5, 5.41) is 3.45. The minimum Gasteiger partial charge on any atom is -0.496 e. The number of hydrogen-bond donors (Lipinski definition) is 1. The van der Waals surface area contributed by atoms with Gasteiger partial charge in [-0.15, -0.1) is 0 Å². The minimum absolute atomic E-state index is 0.587. The molecule has 2 rings (SSSR count). The summed E-state index contributed by atoms with van der Waals surface area (Å²) in [6.07, 6.45) is 0. The lowest BCUT2D eigenvalue weighted by Gasteiger charge is -2.32. The molecule has 88 valence electrons. The molecule has 0 aliphatic carbocycles. The zero-order chi connectivity index (χ0) is 11.4. The molecule has 1 aromatic carbocycles. The van der Waals surface area contributed by atoms with Crippen LogP contribution in [0.4, 0.5) is 0 Å². The van der Waals surface area contributed by atoms with E-state index in [1.165, 1.54) is 5.56 Å². The third-order valence-electron chi connectivity index (χ3n) is 3.04. The van der Waals surface area contributed by atoms with Gasteiger partial charge in [-0.2, -0.15) is 0 Å². The first-order valence-electron chi connectivity index (χ1n) is 5.87. The molecule has 16 heavy (non-hydrogen) atoms. The number of piperazine rings is 1. The summed E-state index contributed by atoms with van der Waals surface area (Å²) >= 11 is 0. The van der Waals surface area contributed by atoms with Crippen molar-refractivity contribution in [3.63, 3.8) is 0 Å². The van der Waals surface area contributed by atoms with E-state index in [0.717, 1.165) is 31.9 Å². The number of methoxy groups -OCH3 is 1. The molecule has 3 heteroatoms. The Balaban J connectivity index is 2.02. The number of benzene rings is 1. The van der Waals surface area contributed by atoms with Gasteiger partial charge in [-0.1, -0.05) is 18.2 Å². The van der Waals surface area contributed by atoms with Gasteiger partial charge in [0.1, 0.15) is 5.75 Å². The Labute approximate surface area is 97.4 Å². The zero-order valence-corrected chi connectivity index (χ0v) is 10.1. The summed E-state index contributed by atoms with van der Waals surface area (Å²) < 4.78 is 5.37. The average molecular weight is 220 g/mol. The highest BCUT2D eigenvalue weighted by molar-refractivity contribution is 5.33. The number of para-hydroxylation sites is 1. The van der Waals surface area contributed by atoms with Crippen LogP contribution in [0.5, 0.6) is 5.75 Å². The zero-order valence-electron chi connectivity index (χ0n) is 10.1. The van der Waals surface area contributed by atoms with Crippen LogP contribution in [0, 0.1) is 0 Å². The molecule has 1 aromatic rings. The van der Waals surface area contributed by atoms with E-state index in [-0.39, 0.29) is 0 Å². The Bertz CT molecular complexity index is 340. The van der Waals surface area contributed by atoms with Gasteiger partial charge in [-0.3, -0.25) is 4.90 Å². The maximum atomic E-state index is 5.37. The van der Waals surface area contributed by atoms with Crippen molar-refractivity contribution in [2.24, 2.45) is 0 Å². The van der Waals surface area contributed by atoms with Crippen LogP contribution in [0.1, 0.15) is 12.5 Å². The molecule has 1 N–H and O–H groups in total. The van der Waals surface area contributed by atoms with Crippen molar-refractivity contribution in [2.75, 3.05) is 26.7 Å². The number of rotatable bonds is 3. The molecule has 1 atom stereocenters. The first-order valence-corrected chi connectivity index (χ1v) is 5.87. The first kappa shape index (κ1) is 11.4. The van der Waals surface area contributed by atoms with Crippen molar-refractivity contribution in [3.05, 3.63) is 29.8 Å². The molecule has 0 spiro atoms. The predicted molar refractivity (Wildman–Crippen MR) is 65.7 cm³/mol. The fourth-order valence-corrected chi connectivity index (χ4v) is 2.23. The smallest absolute Gasteiger partial charge is 0.123 e. The summed E-state index contributed by atoms with van der Waals surface area (Å²) in [5.41, 5.74) is 1.28. The maximum absolute atomic E-state index is 5.37. The highest BCUT2D eigenvalue weighted by Gasteiger charge is 2.16. The first-order chi connectivity index (χ1) is 7.79. The second-order valence-corrected chi connectivity index (χ2v) is 4.40. The van der Waals surface area contributed by atoms with Gasteiger partial charge in [-0.25, -0.2) is 0 Å². The van der Waals surface area contributed by atoms with Gasteiger partial charge in [-0.05, 0) is 13.0 Å². The number of ether oxygens (including phenoxy) is 1. The predicted octanol–water partition coefficient (Wildman–Crippen LogP) is 1.49. The molecule has 0 aromatic heterocycles. The Morgan fingerprint density at radius 3 is 3.00 bits per heavy atom. The normalized spacial score (nSPS) is 22.0. The van der Waals surface area contributed by atoms with E-state index in [2.05, 4.69) is 29.3 Å². The molecular weight excluding hydrogens is 200 g/mol. The fraction of sp³-hybridized carbons (Fsp3) is 0.538.